The Morgan fingerprint density at radius 3 is 2.48 bits per heavy atom. The van der Waals surface area contributed by atoms with E-state index in [-0.39, 0.29) is 0 Å². The summed E-state index contributed by atoms with van der Waals surface area (Å²) >= 11 is 10.5. The number of fused-ring (bicyclic) bond motifs is 1. The molecule has 0 amide bonds. The molecule has 0 aliphatic rings. The van der Waals surface area contributed by atoms with E-state index >= 15 is 0 Å². The smallest absolute Gasteiger partial charge is 0.134 e. The van der Waals surface area contributed by atoms with Crippen molar-refractivity contribution in [2.75, 3.05) is 18.0 Å². The second-order valence-corrected chi connectivity index (χ2v) is 8.15. The predicted molar refractivity (Wildman–Crippen MR) is 124 cm³/mol. The van der Waals surface area contributed by atoms with E-state index in [1.807, 2.05) is 35.1 Å². The van der Waals surface area contributed by atoms with Gasteiger partial charge < -0.3 is 4.90 Å². The van der Waals surface area contributed by atoms with Crippen LogP contribution in [0.5, 0.6) is 0 Å². The molecule has 0 saturated heterocycles. The minimum atomic E-state index is 0.722. The van der Waals surface area contributed by atoms with Gasteiger partial charge in [-0.3, -0.25) is 0 Å². The highest BCUT2D eigenvalue weighted by Gasteiger charge is 2.18. The number of nitrogens with zero attached hydrogens (tertiary/aromatic N) is 4. The summed E-state index contributed by atoms with van der Waals surface area (Å²) < 4.78 is 2.85. The molecule has 2 aromatic carbocycles. The molecule has 0 spiro atoms. The summed E-state index contributed by atoms with van der Waals surface area (Å²) in [6.07, 6.45) is 4.44. The molecule has 148 valence electrons. The number of anilines is 1. The van der Waals surface area contributed by atoms with Gasteiger partial charge in [-0.2, -0.15) is 5.10 Å². The van der Waals surface area contributed by atoms with Crippen molar-refractivity contribution in [2.24, 2.45) is 0 Å². The zero-order chi connectivity index (χ0) is 20.4. The van der Waals surface area contributed by atoms with Crippen LogP contribution < -0.4 is 4.90 Å². The maximum Gasteiger partial charge on any atom is 0.134 e. The molecule has 4 nitrogen and oxygen atoms in total. The van der Waals surface area contributed by atoms with Crippen LogP contribution in [0.1, 0.15) is 25.0 Å². The van der Waals surface area contributed by atoms with Crippen molar-refractivity contribution in [3.8, 4) is 5.69 Å². The van der Waals surface area contributed by atoms with E-state index in [1.165, 1.54) is 5.56 Å². The third-order valence-corrected chi connectivity index (χ3v) is 6.03. The highest BCUT2D eigenvalue weighted by molar-refractivity contribution is 9.10. The fraction of sp³-hybridized carbons (Fsp3) is 0.217. The van der Waals surface area contributed by atoms with Gasteiger partial charge in [-0.15, -0.1) is 0 Å². The minimum absolute atomic E-state index is 0.722. The molecule has 0 atom stereocenters. The highest BCUT2D eigenvalue weighted by Crippen LogP contribution is 2.35. The molecule has 0 bridgehead atoms. The molecule has 0 aliphatic heterocycles. The maximum atomic E-state index is 6.94. The van der Waals surface area contributed by atoms with Crippen molar-refractivity contribution in [1.82, 2.24) is 14.8 Å². The lowest BCUT2D eigenvalue weighted by atomic mass is 10.0. The van der Waals surface area contributed by atoms with E-state index in [0.717, 1.165) is 57.0 Å². The number of pyridine rings is 1. The molecule has 2 heterocycles. The molecule has 4 aromatic rings. The first kappa shape index (κ1) is 19.9. The lowest BCUT2D eigenvalue weighted by Crippen LogP contribution is -2.24. The molecule has 0 radical (unpaired) electrons. The third kappa shape index (κ3) is 4.02. The summed E-state index contributed by atoms with van der Waals surface area (Å²) in [6, 6.07) is 16.4. The Morgan fingerprint density at radius 2 is 1.83 bits per heavy atom. The monoisotopic (exact) mass is 468 g/mol. The summed E-state index contributed by atoms with van der Waals surface area (Å²) in [5.41, 5.74) is 4.20. The van der Waals surface area contributed by atoms with Crippen molar-refractivity contribution in [3.63, 3.8) is 0 Å². The van der Waals surface area contributed by atoms with Crippen LogP contribution in [0.4, 0.5) is 5.82 Å². The molecular weight excluding hydrogens is 448 g/mol. The maximum absolute atomic E-state index is 6.94. The van der Waals surface area contributed by atoms with Gasteiger partial charge in [0.05, 0.1) is 16.2 Å². The van der Waals surface area contributed by atoms with Crippen LogP contribution in [-0.4, -0.2) is 27.9 Å². The Morgan fingerprint density at radius 1 is 1.07 bits per heavy atom. The number of rotatable bonds is 6. The van der Waals surface area contributed by atoms with Gasteiger partial charge in [0.1, 0.15) is 5.82 Å². The van der Waals surface area contributed by atoms with Crippen molar-refractivity contribution in [3.05, 3.63) is 81.5 Å². The van der Waals surface area contributed by atoms with E-state index in [0.29, 0.717) is 0 Å². The van der Waals surface area contributed by atoms with E-state index in [1.54, 1.807) is 6.20 Å². The van der Waals surface area contributed by atoms with Crippen LogP contribution in [-0.2, 0) is 6.42 Å². The van der Waals surface area contributed by atoms with E-state index < -0.39 is 0 Å². The van der Waals surface area contributed by atoms with E-state index in [4.69, 9.17) is 16.6 Å². The predicted octanol–water partition coefficient (Wildman–Crippen LogP) is 6.27. The van der Waals surface area contributed by atoms with Gasteiger partial charge in [-0.1, -0.05) is 39.7 Å². The van der Waals surface area contributed by atoms with Gasteiger partial charge in [-0.25, -0.2) is 9.67 Å². The summed E-state index contributed by atoms with van der Waals surface area (Å²) in [5.74, 6) is 0.964. The van der Waals surface area contributed by atoms with Crippen molar-refractivity contribution in [2.45, 2.75) is 20.3 Å². The second kappa shape index (κ2) is 8.56. The topological polar surface area (TPSA) is 34.0 Å². The third-order valence-electron chi connectivity index (χ3n) is 5.11. The molecule has 2 aromatic heterocycles. The lowest BCUT2D eigenvalue weighted by molar-refractivity contribution is 0.840. The molecule has 6 heteroatoms. The zero-order valence-corrected chi connectivity index (χ0v) is 18.8. The molecule has 0 saturated carbocycles. The average molecular weight is 470 g/mol. The average Bonchev–Trinajstić information content (AvgIpc) is 3.27. The fourth-order valence-corrected chi connectivity index (χ4v) is 4.22. The Balaban J connectivity index is 1.78. The van der Waals surface area contributed by atoms with Gasteiger partial charge in [0.25, 0.3) is 0 Å². The van der Waals surface area contributed by atoms with Gasteiger partial charge in [0.15, 0.2) is 0 Å². The largest absolute Gasteiger partial charge is 0.357 e. The molecule has 0 fully saturated rings. The van der Waals surface area contributed by atoms with Gasteiger partial charge >= 0.3 is 0 Å². The van der Waals surface area contributed by atoms with Crippen LogP contribution in [0.2, 0.25) is 5.02 Å². The molecule has 4 rings (SSSR count). The van der Waals surface area contributed by atoms with Crippen LogP contribution in [0.3, 0.4) is 0 Å². The highest BCUT2D eigenvalue weighted by atomic mass is 79.9. The molecule has 0 unspecified atom stereocenters. The van der Waals surface area contributed by atoms with Gasteiger partial charge in [0, 0.05) is 47.3 Å². The van der Waals surface area contributed by atoms with Gasteiger partial charge in [-0.05, 0) is 55.8 Å². The molecule has 0 aliphatic carbocycles. The first-order chi connectivity index (χ1) is 14.1. The van der Waals surface area contributed by atoms with Crippen molar-refractivity contribution < 1.29 is 0 Å². The lowest BCUT2D eigenvalue weighted by Gasteiger charge is -2.24. The van der Waals surface area contributed by atoms with Gasteiger partial charge in [0.2, 0.25) is 0 Å². The zero-order valence-electron chi connectivity index (χ0n) is 16.4. The Bertz CT molecular complexity index is 1120. The first-order valence-electron chi connectivity index (χ1n) is 9.72. The van der Waals surface area contributed by atoms with Crippen molar-refractivity contribution >= 4 is 44.3 Å². The summed E-state index contributed by atoms with van der Waals surface area (Å²) in [4.78, 5) is 7.24. The van der Waals surface area contributed by atoms with Crippen LogP contribution in [0.25, 0.3) is 16.6 Å². The number of hydrogen-bond donors (Lipinski definition) is 0. The van der Waals surface area contributed by atoms with E-state index in [9.17, 15) is 0 Å². The summed E-state index contributed by atoms with van der Waals surface area (Å²) in [6.45, 7) is 6.06. The number of benzene rings is 2. The van der Waals surface area contributed by atoms with E-state index in [2.05, 4.69) is 64.0 Å². The van der Waals surface area contributed by atoms with Crippen LogP contribution in [0, 0.1) is 0 Å². The molecule has 0 N–H and O–H groups in total. The minimum Gasteiger partial charge on any atom is -0.357 e. The first-order valence-corrected chi connectivity index (χ1v) is 10.9. The number of aromatic nitrogens is 3. The number of hydrogen-bond acceptors (Lipinski definition) is 3. The second-order valence-electron chi connectivity index (χ2n) is 6.86. The Hall–Kier alpha value is -2.37. The molecule has 29 heavy (non-hydrogen) atoms. The summed E-state index contributed by atoms with van der Waals surface area (Å²) in [7, 11) is 0. The Kier molecular flexibility index (Phi) is 5.88. The standard InChI is InChI=1S/C23H22BrClN4/c1-3-28(4-2)23-20(22(25)19-15-17(24)8-11-21(19)27-23)14-16-6-9-18(10-7-16)29-13-5-12-26-29/h5-13,15H,3-4,14H2,1-2H3. The fourth-order valence-electron chi connectivity index (χ4n) is 3.56. The Labute approximate surface area is 184 Å². The number of halogens is 2. The quantitative estimate of drug-likeness (QED) is 0.333. The SMILES string of the molecule is CCN(CC)c1nc2ccc(Br)cc2c(Cl)c1Cc1ccc(-n2cccn2)cc1. The normalized spacial score (nSPS) is 11.2. The molecular formula is C23H22BrClN4. The van der Waals surface area contributed by atoms with Crippen LogP contribution >= 0.6 is 27.5 Å². The summed E-state index contributed by atoms with van der Waals surface area (Å²) in [5, 5.41) is 6.04. The van der Waals surface area contributed by atoms with Crippen LogP contribution in [0.15, 0.2) is 65.4 Å². The van der Waals surface area contributed by atoms with Crippen molar-refractivity contribution in [1.29, 1.82) is 0 Å².